The predicted molar refractivity (Wildman–Crippen MR) is 76.7 cm³/mol. The largest absolute Gasteiger partial charge is 0.469 e. The Kier molecular flexibility index (Phi) is 4.66. The minimum absolute atomic E-state index is 0.271. The molecule has 0 aliphatic heterocycles. The van der Waals surface area contributed by atoms with E-state index in [1.54, 1.807) is 24.3 Å². The first kappa shape index (κ1) is 14.0. The number of aldehydes is 1. The van der Waals surface area contributed by atoms with E-state index in [1.807, 2.05) is 30.3 Å². The molecule has 2 rings (SSSR count). The minimum Gasteiger partial charge on any atom is -0.469 e. The number of benzene rings is 2. The summed E-state index contributed by atoms with van der Waals surface area (Å²) in [5.74, 6) is -0.629. The number of hydrogen-bond acceptors (Lipinski definition) is 3. The van der Waals surface area contributed by atoms with Gasteiger partial charge in [-0.25, -0.2) is 0 Å². The van der Waals surface area contributed by atoms with E-state index in [4.69, 9.17) is 4.74 Å². The fourth-order valence-electron chi connectivity index (χ4n) is 2.14. The molecule has 0 aliphatic carbocycles. The SMILES string of the molecule is COC(=O)C(Cc1ccccc1)c1ccc(C=O)cc1. The van der Waals surface area contributed by atoms with Gasteiger partial charge in [-0.1, -0.05) is 54.6 Å². The second-order valence-electron chi connectivity index (χ2n) is 4.55. The maximum atomic E-state index is 12.0. The lowest BCUT2D eigenvalue weighted by Gasteiger charge is -2.15. The Hall–Kier alpha value is -2.42. The van der Waals surface area contributed by atoms with Gasteiger partial charge in [-0.3, -0.25) is 9.59 Å². The topological polar surface area (TPSA) is 43.4 Å². The van der Waals surface area contributed by atoms with Crippen LogP contribution in [0.1, 0.15) is 27.4 Å². The minimum atomic E-state index is -0.358. The van der Waals surface area contributed by atoms with Gasteiger partial charge in [0.15, 0.2) is 0 Å². The third-order valence-corrected chi connectivity index (χ3v) is 3.24. The molecule has 1 unspecified atom stereocenters. The van der Waals surface area contributed by atoms with Gasteiger partial charge in [0.25, 0.3) is 0 Å². The summed E-state index contributed by atoms with van der Waals surface area (Å²) in [6.07, 6.45) is 1.36. The molecule has 1 atom stereocenters. The van der Waals surface area contributed by atoms with E-state index in [-0.39, 0.29) is 11.9 Å². The molecule has 0 N–H and O–H groups in total. The van der Waals surface area contributed by atoms with Crippen molar-refractivity contribution in [1.29, 1.82) is 0 Å². The number of hydrogen-bond donors (Lipinski definition) is 0. The Morgan fingerprint density at radius 1 is 1.10 bits per heavy atom. The normalized spacial score (nSPS) is 11.7. The first-order chi connectivity index (χ1) is 9.74. The second-order valence-corrected chi connectivity index (χ2v) is 4.55. The molecule has 102 valence electrons. The number of rotatable bonds is 5. The summed E-state index contributed by atoms with van der Waals surface area (Å²) in [6, 6.07) is 16.8. The van der Waals surface area contributed by atoms with Gasteiger partial charge < -0.3 is 4.74 Å². The molecule has 0 heterocycles. The van der Waals surface area contributed by atoms with Crippen LogP contribution in [0.2, 0.25) is 0 Å². The van der Waals surface area contributed by atoms with Crippen LogP contribution in [0.15, 0.2) is 54.6 Å². The van der Waals surface area contributed by atoms with Crippen molar-refractivity contribution in [2.24, 2.45) is 0 Å². The highest BCUT2D eigenvalue weighted by Gasteiger charge is 2.21. The van der Waals surface area contributed by atoms with Crippen molar-refractivity contribution in [3.8, 4) is 0 Å². The van der Waals surface area contributed by atoms with E-state index in [0.717, 1.165) is 17.4 Å². The molecule has 0 fully saturated rings. The highest BCUT2D eigenvalue weighted by molar-refractivity contribution is 5.79. The Balaban J connectivity index is 2.27. The number of ether oxygens (including phenoxy) is 1. The van der Waals surface area contributed by atoms with Crippen LogP contribution in [0.5, 0.6) is 0 Å². The third kappa shape index (κ3) is 3.32. The quantitative estimate of drug-likeness (QED) is 0.618. The molecule has 2 aromatic carbocycles. The van der Waals surface area contributed by atoms with Crippen molar-refractivity contribution in [3.05, 3.63) is 71.3 Å². The maximum Gasteiger partial charge on any atom is 0.313 e. The smallest absolute Gasteiger partial charge is 0.313 e. The van der Waals surface area contributed by atoms with Crippen molar-refractivity contribution >= 4 is 12.3 Å². The summed E-state index contributed by atoms with van der Waals surface area (Å²) < 4.78 is 4.89. The molecule has 0 saturated carbocycles. The highest BCUT2D eigenvalue weighted by Crippen LogP contribution is 2.22. The molecule has 20 heavy (non-hydrogen) atoms. The zero-order valence-electron chi connectivity index (χ0n) is 11.3. The first-order valence-electron chi connectivity index (χ1n) is 6.41. The van der Waals surface area contributed by atoms with Crippen LogP contribution < -0.4 is 0 Å². The van der Waals surface area contributed by atoms with E-state index in [0.29, 0.717) is 12.0 Å². The highest BCUT2D eigenvalue weighted by atomic mass is 16.5. The molecule has 3 nitrogen and oxygen atoms in total. The molecule has 0 radical (unpaired) electrons. The lowest BCUT2D eigenvalue weighted by atomic mass is 9.91. The van der Waals surface area contributed by atoms with Crippen molar-refractivity contribution < 1.29 is 14.3 Å². The summed E-state index contributed by atoms with van der Waals surface area (Å²) in [7, 11) is 1.39. The van der Waals surface area contributed by atoms with E-state index >= 15 is 0 Å². The van der Waals surface area contributed by atoms with Crippen LogP contribution in [-0.4, -0.2) is 19.4 Å². The molecule has 0 aliphatic rings. The standard InChI is InChI=1S/C17H16O3/c1-20-17(19)16(11-13-5-3-2-4-6-13)15-9-7-14(12-18)8-10-15/h2-10,12,16H,11H2,1H3. The Bertz CT molecular complexity index is 573. The van der Waals surface area contributed by atoms with Gasteiger partial charge in [0.1, 0.15) is 6.29 Å². The lowest BCUT2D eigenvalue weighted by Crippen LogP contribution is -2.16. The van der Waals surface area contributed by atoms with Crippen molar-refractivity contribution in [2.45, 2.75) is 12.3 Å². The van der Waals surface area contributed by atoms with Crippen LogP contribution in [0.4, 0.5) is 0 Å². The Morgan fingerprint density at radius 3 is 2.30 bits per heavy atom. The van der Waals surface area contributed by atoms with E-state index in [9.17, 15) is 9.59 Å². The van der Waals surface area contributed by atoms with Crippen LogP contribution in [0.3, 0.4) is 0 Å². The van der Waals surface area contributed by atoms with Gasteiger partial charge >= 0.3 is 5.97 Å². The Labute approximate surface area is 118 Å². The van der Waals surface area contributed by atoms with E-state index < -0.39 is 0 Å². The average Bonchev–Trinajstić information content (AvgIpc) is 2.53. The van der Waals surface area contributed by atoms with Gasteiger partial charge in [0, 0.05) is 5.56 Å². The predicted octanol–water partition coefficient (Wildman–Crippen LogP) is 3.00. The van der Waals surface area contributed by atoms with E-state index in [1.165, 1.54) is 7.11 Å². The summed E-state index contributed by atoms with van der Waals surface area (Å²) in [4.78, 5) is 22.7. The first-order valence-corrected chi connectivity index (χ1v) is 6.41. The van der Waals surface area contributed by atoms with Crippen LogP contribution >= 0.6 is 0 Å². The zero-order chi connectivity index (χ0) is 14.4. The molecule has 0 aromatic heterocycles. The van der Waals surface area contributed by atoms with Crippen molar-refractivity contribution in [1.82, 2.24) is 0 Å². The summed E-state index contributed by atoms with van der Waals surface area (Å²) in [5.41, 5.74) is 2.52. The molecule has 3 heteroatoms. The molecule has 2 aromatic rings. The lowest BCUT2D eigenvalue weighted by molar-refractivity contribution is -0.142. The molecule has 0 amide bonds. The monoisotopic (exact) mass is 268 g/mol. The molecular formula is C17H16O3. The number of methoxy groups -OCH3 is 1. The number of esters is 1. The van der Waals surface area contributed by atoms with Crippen LogP contribution in [0, 0.1) is 0 Å². The number of carbonyl (C=O) groups excluding carboxylic acids is 2. The van der Waals surface area contributed by atoms with Gasteiger partial charge in [0.2, 0.25) is 0 Å². The summed E-state index contributed by atoms with van der Waals surface area (Å²) in [6.45, 7) is 0. The van der Waals surface area contributed by atoms with Crippen LogP contribution in [0.25, 0.3) is 0 Å². The Morgan fingerprint density at radius 2 is 1.75 bits per heavy atom. The molecule has 0 spiro atoms. The van der Waals surface area contributed by atoms with Gasteiger partial charge in [0.05, 0.1) is 13.0 Å². The second kappa shape index (κ2) is 6.66. The average molecular weight is 268 g/mol. The van der Waals surface area contributed by atoms with Crippen molar-refractivity contribution in [3.63, 3.8) is 0 Å². The molecule has 0 bridgehead atoms. The number of carbonyl (C=O) groups is 2. The van der Waals surface area contributed by atoms with Gasteiger partial charge in [-0.05, 0) is 17.5 Å². The maximum absolute atomic E-state index is 12.0. The van der Waals surface area contributed by atoms with Gasteiger partial charge in [-0.15, -0.1) is 0 Å². The molecule has 0 saturated heterocycles. The third-order valence-electron chi connectivity index (χ3n) is 3.24. The fraction of sp³-hybridized carbons (Fsp3) is 0.176. The summed E-state index contributed by atoms with van der Waals surface area (Å²) in [5, 5.41) is 0. The van der Waals surface area contributed by atoms with Gasteiger partial charge in [-0.2, -0.15) is 0 Å². The van der Waals surface area contributed by atoms with Crippen molar-refractivity contribution in [2.75, 3.05) is 7.11 Å². The van der Waals surface area contributed by atoms with E-state index in [2.05, 4.69) is 0 Å². The molecular weight excluding hydrogens is 252 g/mol. The van der Waals surface area contributed by atoms with Crippen LogP contribution in [-0.2, 0) is 16.0 Å². The summed E-state index contributed by atoms with van der Waals surface area (Å²) >= 11 is 0. The zero-order valence-corrected chi connectivity index (χ0v) is 11.3. The fourth-order valence-corrected chi connectivity index (χ4v) is 2.14.